The predicted octanol–water partition coefficient (Wildman–Crippen LogP) is 4.05. The van der Waals surface area contributed by atoms with Crippen molar-refractivity contribution in [2.45, 2.75) is 37.1 Å². The molecule has 4 heteroatoms. The van der Waals surface area contributed by atoms with Crippen LogP contribution in [0.5, 0.6) is 0 Å². The minimum atomic E-state index is -0.0845. The van der Waals surface area contributed by atoms with Gasteiger partial charge in [0.1, 0.15) is 5.58 Å². The Morgan fingerprint density at radius 3 is 2.80 bits per heavy atom. The van der Waals surface area contributed by atoms with Crippen molar-refractivity contribution in [3.63, 3.8) is 0 Å². The Morgan fingerprint density at radius 1 is 1.30 bits per heavy atom. The quantitative estimate of drug-likeness (QED) is 0.782. The lowest BCUT2D eigenvalue weighted by atomic mass is 9.94. The van der Waals surface area contributed by atoms with E-state index < -0.39 is 0 Å². The summed E-state index contributed by atoms with van der Waals surface area (Å²) in [5.74, 6) is 0.307. The molecule has 3 nitrogen and oxygen atoms in total. The standard InChI is InChI=1S/C16H18ClNO2/c1-18(13-8-4-3-7-12(13)17)16(19)15-10-11-6-2-5-9-14(11)20-15/h2,5-6,9-10,12-13H,3-4,7-8H2,1H3. The highest BCUT2D eigenvalue weighted by Crippen LogP contribution is 2.28. The third-order valence-corrected chi connectivity index (χ3v) is 4.61. The molecule has 0 bridgehead atoms. The fourth-order valence-electron chi connectivity index (χ4n) is 2.91. The van der Waals surface area contributed by atoms with E-state index in [1.165, 1.54) is 0 Å². The molecular formula is C16H18ClNO2. The lowest BCUT2D eigenvalue weighted by Gasteiger charge is -2.34. The summed E-state index contributed by atoms with van der Waals surface area (Å²) in [6, 6.07) is 9.56. The van der Waals surface area contributed by atoms with E-state index in [0.29, 0.717) is 5.76 Å². The third-order valence-electron chi connectivity index (χ3n) is 4.10. The van der Waals surface area contributed by atoms with Crippen molar-refractivity contribution in [1.82, 2.24) is 4.90 Å². The number of fused-ring (bicyclic) bond motifs is 1. The lowest BCUT2D eigenvalue weighted by molar-refractivity contribution is 0.0670. The van der Waals surface area contributed by atoms with Crippen LogP contribution >= 0.6 is 11.6 Å². The van der Waals surface area contributed by atoms with Crippen molar-refractivity contribution in [3.8, 4) is 0 Å². The maximum absolute atomic E-state index is 12.5. The average molecular weight is 292 g/mol. The van der Waals surface area contributed by atoms with E-state index in [4.69, 9.17) is 16.0 Å². The van der Waals surface area contributed by atoms with Crippen LogP contribution in [-0.2, 0) is 0 Å². The second-order valence-electron chi connectivity index (χ2n) is 5.43. The molecule has 1 saturated carbocycles. The summed E-state index contributed by atoms with van der Waals surface area (Å²) in [4.78, 5) is 14.3. The van der Waals surface area contributed by atoms with Crippen LogP contribution in [0.2, 0.25) is 0 Å². The summed E-state index contributed by atoms with van der Waals surface area (Å²) in [6.07, 6.45) is 4.23. The maximum atomic E-state index is 12.5. The molecule has 2 unspecified atom stereocenters. The monoisotopic (exact) mass is 291 g/mol. The first-order chi connectivity index (χ1) is 9.66. The van der Waals surface area contributed by atoms with Crippen LogP contribution in [0.1, 0.15) is 36.2 Å². The smallest absolute Gasteiger partial charge is 0.289 e. The summed E-state index contributed by atoms with van der Waals surface area (Å²) in [6.45, 7) is 0. The van der Waals surface area contributed by atoms with Crippen LogP contribution in [-0.4, -0.2) is 29.3 Å². The SMILES string of the molecule is CN(C(=O)c1cc2ccccc2o1)C1CCCCC1Cl. The third kappa shape index (κ3) is 2.42. The molecule has 2 atom stereocenters. The first-order valence-corrected chi connectivity index (χ1v) is 7.50. The Balaban J connectivity index is 1.83. The molecule has 0 radical (unpaired) electrons. The molecule has 1 fully saturated rings. The largest absolute Gasteiger partial charge is 0.451 e. The number of nitrogens with zero attached hydrogens (tertiary/aromatic N) is 1. The number of para-hydroxylation sites is 1. The van der Waals surface area contributed by atoms with Crippen molar-refractivity contribution >= 4 is 28.5 Å². The van der Waals surface area contributed by atoms with Crippen LogP contribution in [0.4, 0.5) is 0 Å². The molecule has 0 N–H and O–H groups in total. The van der Waals surface area contributed by atoms with E-state index in [-0.39, 0.29) is 17.3 Å². The average Bonchev–Trinajstić information content (AvgIpc) is 2.90. The molecule has 0 saturated heterocycles. The number of furan rings is 1. The number of carbonyl (C=O) groups is 1. The Morgan fingerprint density at radius 2 is 2.05 bits per heavy atom. The molecule has 1 heterocycles. The molecule has 1 amide bonds. The molecule has 1 aromatic heterocycles. The van der Waals surface area contributed by atoms with Gasteiger partial charge in [0, 0.05) is 18.5 Å². The van der Waals surface area contributed by atoms with Crippen molar-refractivity contribution < 1.29 is 9.21 Å². The van der Waals surface area contributed by atoms with Gasteiger partial charge in [-0.05, 0) is 25.0 Å². The lowest BCUT2D eigenvalue weighted by Crippen LogP contribution is -2.44. The van der Waals surface area contributed by atoms with E-state index in [9.17, 15) is 4.79 Å². The molecule has 3 rings (SSSR count). The molecule has 0 spiro atoms. The minimum absolute atomic E-state index is 0.0436. The number of benzene rings is 1. The number of amides is 1. The van der Waals surface area contributed by atoms with E-state index in [0.717, 1.165) is 36.7 Å². The molecular weight excluding hydrogens is 274 g/mol. The normalized spacial score (nSPS) is 22.9. The molecule has 0 aliphatic heterocycles. The first-order valence-electron chi connectivity index (χ1n) is 7.06. The zero-order valence-electron chi connectivity index (χ0n) is 11.5. The van der Waals surface area contributed by atoms with Crippen molar-refractivity contribution in [2.75, 3.05) is 7.05 Å². The van der Waals surface area contributed by atoms with Crippen LogP contribution in [0.25, 0.3) is 11.0 Å². The fraction of sp³-hybridized carbons (Fsp3) is 0.438. The molecule has 106 valence electrons. The molecule has 1 aliphatic carbocycles. The first kappa shape index (κ1) is 13.5. The Kier molecular flexibility index (Phi) is 3.70. The number of alkyl halides is 1. The van der Waals surface area contributed by atoms with Gasteiger partial charge in [0.05, 0.1) is 5.38 Å². The summed E-state index contributed by atoms with van der Waals surface area (Å²) in [5, 5.41) is 0.998. The number of hydrogen-bond donors (Lipinski definition) is 0. The topological polar surface area (TPSA) is 33.5 Å². The Hall–Kier alpha value is -1.48. The van der Waals surface area contributed by atoms with Gasteiger partial charge in [0.25, 0.3) is 5.91 Å². The molecule has 2 aromatic rings. The van der Waals surface area contributed by atoms with Gasteiger partial charge in [0.2, 0.25) is 0 Å². The number of rotatable bonds is 2. The van der Waals surface area contributed by atoms with Gasteiger partial charge in [-0.25, -0.2) is 0 Å². The van der Waals surface area contributed by atoms with Crippen molar-refractivity contribution in [2.24, 2.45) is 0 Å². The van der Waals surface area contributed by atoms with Crippen LogP contribution in [0.15, 0.2) is 34.7 Å². The number of halogens is 1. The summed E-state index contributed by atoms with van der Waals surface area (Å²) in [5.41, 5.74) is 0.746. The van der Waals surface area contributed by atoms with Crippen molar-refractivity contribution in [3.05, 3.63) is 36.1 Å². The highest BCUT2D eigenvalue weighted by atomic mass is 35.5. The van der Waals surface area contributed by atoms with Crippen LogP contribution < -0.4 is 0 Å². The fourth-order valence-corrected chi connectivity index (χ4v) is 3.36. The maximum Gasteiger partial charge on any atom is 0.289 e. The van der Waals surface area contributed by atoms with Gasteiger partial charge >= 0.3 is 0 Å². The zero-order chi connectivity index (χ0) is 14.1. The second kappa shape index (κ2) is 5.49. The number of carbonyl (C=O) groups excluding carboxylic acids is 1. The van der Waals surface area contributed by atoms with Gasteiger partial charge in [-0.3, -0.25) is 4.79 Å². The summed E-state index contributed by atoms with van der Waals surface area (Å²) < 4.78 is 5.64. The predicted molar refractivity (Wildman–Crippen MR) is 80.2 cm³/mol. The van der Waals surface area contributed by atoms with Gasteiger partial charge in [-0.15, -0.1) is 11.6 Å². The van der Waals surface area contributed by atoms with Gasteiger partial charge < -0.3 is 9.32 Å². The van der Waals surface area contributed by atoms with E-state index in [1.54, 1.807) is 11.0 Å². The highest BCUT2D eigenvalue weighted by molar-refractivity contribution is 6.21. The van der Waals surface area contributed by atoms with Gasteiger partial charge in [0.15, 0.2) is 5.76 Å². The van der Waals surface area contributed by atoms with Crippen molar-refractivity contribution in [1.29, 1.82) is 0 Å². The Bertz CT molecular complexity index is 589. The van der Waals surface area contributed by atoms with E-state index in [2.05, 4.69) is 0 Å². The van der Waals surface area contributed by atoms with Crippen LogP contribution in [0.3, 0.4) is 0 Å². The molecule has 20 heavy (non-hydrogen) atoms. The Labute approximate surface area is 123 Å². The van der Waals surface area contributed by atoms with Gasteiger partial charge in [-0.2, -0.15) is 0 Å². The summed E-state index contributed by atoms with van der Waals surface area (Å²) >= 11 is 6.36. The summed E-state index contributed by atoms with van der Waals surface area (Å²) in [7, 11) is 1.82. The van der Waals surface area contributed by atoms with E-state index >= 15 is 0 Å². The zero-order valence-corrected chi connectivity index (χ0v) is 12.3. The minimum Gasteiger partial charge on any atom is -0.451 e. The second-order valence-corrected chi connectivity index (χ2v) is 5.99. The highest BCUT2D eigenvalue weighted by Gasteiger charge is 2.31. The molecule has 1 aliphatic rings. The molecule has 1 aromatic carbocycles. The number of hydrogen-bond acceptors (Lipinski definition) is 2. The van der Waals surface area contributed by atoms with E-state index in [1.807, 2.05) is 31.3 Å². The van der Waals surface area contributed by atoms with Crippen LogP contribution in [0, 0.1) is 0 Å². The van der Waals surface area contributed by atoms with Gasteiger partial charge in [-0.1, -0.05) is 31.0 Å².